The third-order valence-electron chi connectivity index (χ3n) is 5.17. The van der Waals surface area contributed by atoms with Gasteiger partial charge in [0.15, 0.2) is 6.29 Å². The molecule has 0 aromatic heterocycles. The first-order chi connectivity index (χ1) is 10.5. The molecule has 2 aliphatic rings. The molecule has 2 aliphatic heterocycles. The molecule has 0 saturated carbocycles. The minimum atomic E-state index is 0.183. The SMILES string of the molecule is C[C@@H]1C(c2ccc(C(C)(C)C)cc2)CCN1C1N=CCCN1. The van der Waals surface area contributed by atoms with Crippen molar-refractivity contribution in [3.05, 3.63) is 35.4 Å². The van der Waals surface area contributed by atoms with E-state index in [4.69, 9.17) is 0 Å². The number of aliphatic imine (C=N–C) groups is 1. The van der Waals surface area contributed by atoms with Crippen LogP contribution in [0.25, 0.3) is 0 Å². The van der Waals surface area contributed by atoms with E-state index in [0.717, 1.165) is 19.5 Å². The van der Waals surface area contributed by atoms with Gasteiger partial charge in [-0.15, -0.1) is 0 Å². The zero-order valence-electron chi connectivity index (χ0n) is 14.3. The molecular weight excluding hydrogens is 270 g/mol. The standard InChI is InChI=1S/C19H29N3/c1-14-17(10-13-22(14)18-20-11-5-12-21-18)15-6-8-16(9-7-15)19(2,3)4/h6-9,11,14,17-18,21H,5,10,12-13H2,1-4H3/t14-,17?,18?/m1/s1. The molecule has 1 N–H and O–H groups in total. The molecule has 1 fully saturated rings. The molecule has 0 radical (unpaired) electrons. The summed E-state index contributed by atoms with van der Waals surface area (Å²) in [6.45, 7) is 11.3. The molecule has 120 valence electrons. The van der Waals surface area contributed by atoms with Gasteiger partial charge in [0.05, 0.1) is 0 Å². The monoisotopic (exact) mass is 299 g/mol. The summed E-state index contributed by atoms with van der Waals surface area (Å²) < 4.78 is 0. The Balaban J connectivity index is 1.73. The lowest BCUT2D eigenvalue weighted by atomic mass is 9.84. The Hall–Kier alpha value is -1.19. The van der Waals surface area contributed by atoms with Gasteiger partial charge in [-0.2, -0.15) is 0 Å². The number of nitrogens with zero attached hydrogens (tertiary/aromatic N) is 2. The molecule has 1 saturated heterocycles. The van der Waals surface area contributed by atoms with E-state index in [1.807, 2.05) is 0 Å². The van der Waals surface area contributed by atoms with Crippen LogP contribution in [0.2, 0.25) is 0 Å². The van der Waals surface area contributed by atoms with Crippen molar-refractivity contribution in [2.24, 2.45) is 4.99 Å². The van der Waals surface area contributed by atoms with Crippen molar-refractivity contribution >= 4 is 6.21 Å². The molecule has 3 nitrogen and oxygen atoms in total. The molecule has 1 aromatic carbocycles. The van der Waals surface area contributed by atoms with Crippen LogP contribution in [0.15, 0.2) is 29.3 Å². The number of likely N-dealkylation sites (tertiary alicyclic amines) is 1. The van der Waals surface area contributed by atoms with Crippen LogP contribution in [0.5, 0.6) is 0 Å². The first-order valence-corrected chi connectivity index (χ1v) is 8.58. The molecule has 3 heteroatoms. The molecule has 3 rings (SSSR count). The van der Waals surface area contributed by atoms with Gasteiger partial charge in [-0.1, -0.05) is 45.0 Å². The predicted octanol–water partition coefficient (Wildman–Crippen LogP) is 3.51. The predicted molar refractivity (Wildman–Crippen MR) is 93.6 cm³/mol. The van der Waals surface area contributed by atoms with E-state index in [-0.39, 0.29) is 11.7 Å². The van der Waals surface area contributed by atoms with Gasteiger partial charge in [-0.3, -0.25) is 15.2 Å². The number of hydrogen-bond acceptors (Lipinski definition) is 3. The van der Waals surface area contributed by atoms with Crippen LogP contribution in [0, 0.1) is 0 Å². The highest BCUT2D eigenvalue weighted by molar-refractivity contribution is 5.58. The highest BCUT2D eigenvalue weighted by atomic mass is 15.4. The van der Waals surface area contributed by atoms with Crippen molar-refractivity contribution in [1.29, 1.82) is 0 Å². The summed E-state index contributed by atoms with van der Waals surface area (Å²) in [6.07, 6.45) is 4.53. The Morgan fingerprint density at radius 2 is 1.91 bits per heavy atom. The fourth-order valence-corrected chi connectivity index (χ4v) is 3.69. The molecule has 2 unspecified atom stereocenters. The van der Waals surface area contributed by atoms with Crippen molar-refractivity contribution in [3.8, 4) is 0 Å². The minimum Gasteiger partial charge on any atom is -0.283 e. The van der Waals surface area contributed by atoms with E-state index in [9.17, 15) is 0 Å². The summed E-state index contributed by atoms with van der Waals surface area (Å²) >= 11 is 0. The van der Waals surface area contributed by atoms with Gasteiger partial charge in [0.1, 0.15) is 0 Å². The highest BCUT2D eigenvalue weighted by Crippen LogP contribution is 2.35. The van der Waals surface area contributed by atoms with Crippen molar-refractivity contribution in [3.63, 3.8) is 0 Å². The van der Waals surface area contributed by atoms with Crippen LogP contribution in [0.3, 0.4) is 0 Å². The maximum atomic E-state index is 4.63. The lowest BCUT2D eigenvalue weighted by Gasteiger charge is -2.32. The third kappa shape index (κ3) is 3.11. The summed E-state index contributed by atoms with van der Waals surface area (Å²) in [6, 6.07) is 9.82. The molecular formula is C19H29N3. The Bertz CT molecular complexity index is 527. The topological polar surface area (TPSA) is 27.6 Å². The van der Waals surface area contributed by atoms with Gasteiger partial charge in [0.25, 0.3) is 0 Å². The first-order valence-electron chi connectivity index (χ1n) is 8.58. The van der Waals surface area contributed by atoms with Crippen LogP contribution in [0.1, 0.15) is 57.6 Å². The van der Waals surface area contributed by atoms with E-state index in [2.05, 4.69) is 73.4 Å². The summed E-state index contributed by atoms with van der Waals surface area (Å²) in [4.78, 5) is 7.14. The quantitative estimate of drug-likeness (QED) is 0.905. The van der Waals surface area contributed by atoms with Gasteiger partial charge in [-0.25, -0.2) is 0 Å². The molecule has 22 heavy (non-hydrogen) atoms. The Morgan fingerprint density at radius 1 is 1.18 bits per heavy atom. The van der Waals surface area contributed by atoms with Gasteiger partial charge >= 0.3 is 0 Å². The minimum absolute atomic E-state index is 0.183. The van der Waals surface area contributed by atoms with Gasteiger partial charge in [0, 0.05) is 31.3 Å². The molecule has 2 heterocycles. The second kappa shape index (κ2) is 6.13. The number of hydrogen-bond donors (Lipinski definition) is 1. The van der Waals surface area contributed by atoms with Crippen molar-refractivity contribution in [2.45, 2.75) is 64.2 Å². The van der Waals surface area contributed by atoms with Crippen molar-refractivity contribution in [2.75, 3.05) is 13.1 Å². The van der Waals surface area contributed by atoms with Crippen LogP contribution >= 0.6 is 0 Å². The van der Waals surface area contributed by atoms with Crippen LogP contribution in [0.4, 0.5) is 0 Å². The van der Waals surface area contributed by atoms with E-state index in [1.54, 1.807) is 0 Å². The first kappa shape index (κ1) is 15.7. The molecule has 1 aromatic rings. The number of nitrogens with one attached hydrogen (secondary N) is 1. The maximum absolute atomic E-state index is 4.63. The second-order valence-corrected chi connectivity index (χ2v) is 7.69. The van der Waals surface area contributed by atoms with Crippen LogP contribution in [-0.4, -0.2) is 36.5 Å². The summed E-state index contributed by atoms with van der Waals surface area (Å²) in [5.74, 6) is 0.618. The van der Waals surface area contributed by atoms with Gasteiger partial charge < -0.3 is 0 Å². The summed E-state index contributed by atoms with van der Waals surface area (Å²) in [5.41, 5.74) is 3.12. The average Bonchev–Trinajstić information content (AvgIpc) is 2.89. The zero-order valence-corrected chi connectivity index (χ0v) is 14.3. The fraction of sp³-hybridized carbons (Fsp3) is 0.632. The number of benzene rings is 1. The summed E-state index contributed by atoms with van der Waals surface area (Å²) in [7, 11) is 0. The lowest BCUT2D eigenvalue weighted by Crippen LogP contribution is -2.48. The highest BCUT2D eigenvalue weighted by Gasteiger charge is 2.36. The van der Waals surface area contributed by atoms with Crippen LogP contribution < -0.4 is 5.32 Å². The Labute approximate surface area is 134 Å². The largest absolute Gasteiger partial charge is 0.283 e. The second-order valence-electron chi connectivity index (χ2n) is 7.69. The van der Waals surface area contributed by atoms with Crippen molar-refractivity contribution in [1.82, 2.24) is 10.2 Å². The van der Waals surface area contributed by atoms with Crippen molar-refractivity contribution < 1.29 is 0 Å². The molecule has 0 amide bonds. The fourth-order valence-electron chi connectivity index (χ4n) is 3.69. The molecule has 3 atom stereocenters. The Kier molecular flexibility index (Phi) is 4.37. The smallest absolute Gasteiger partial charge is 0.155 e. The van der Waals surface area contributed by atoms with E-state index < -0.39 is 0 Å². The van der Waals surface area contributed by atoms with E-state index in [0.29, 0.717) is 12.0 Å². The molecule has 0 bridgehead atoms. The summed E-state index contributed by atoms with van der Waals surface area (Å²) in [5, 5.41) is 3.52. The Morgan fingerprint density at radius 3 is 2.50 bits per heavy atom. The maximum Gasteiger partial charge on any atom is 0.155 e. The molecule has 0 aliphatic carbocycles. The lowest BCUT2D eigenvalue weighted by molar-refractivity contribution is 0.157. The normalized spacial score (nSPS) is 29.9. The van der Waals surface area contributed by atoms with Gasteiger partial charge in [0.2, 0.25) is 0 Å². The van der Waals surface area contributed by atoms with E-state index >= 15 is 0 Å². The third-order valence-corrected chi connectivity index (χ3v) is 5.17. The van der Waals surface area contributed by atoms with Crippen LogP contribution in [-0.2, 0) is 5.41 Å². The average molecular weight is 299 g/mol. The van der Waals surface area contributed by atoms with E-state index in [1.165, 1.54) is 17.5 Å². The zero-order chi connectivity index (χ0) is 15.7. The van der Waals surface area contributed by atoms with Gasteiger partial charge in [-0.05, 0) is 36.3 Å². The molecule has 0 spiro atoms. The number of rotatable bonds is 2.